The van der Waals surface area contributed by atoms with Crippen molar-refractivity contribution < 1.29 is 35.9 Å². The molecule has 152 valence electrons. The summed E-state index contributed by atoms with van der Waals surface area (Å²) in [5, 5.41) is 0. The molecule has 7 nitrogen and oxygen atoms in total. The number of carbonyl (C=O) groups is 2. The lowest BCUT2D eigenvalue weighted by Gasteiger charge is -2.24. The number of ether oxygens (including phenoxy) is 1. The number of halogens is 3. The van der Waals surface area contributed by atoms with Gasteiger partial charge in [-0.2, -0.15) is 17.9 Å². The van der Waals surface area contributed by atoms with E-state index in [0.29, 0.717) is 12.5 Å². The smallest absolute Gasteiger partial charge is 0.416 e. The number of benzene rings is 1. The van der Waals surface area contributed by atoms with E-state index in [1.165, 1.54) is 6.92 Å². The van der Waals surface area contributed by atoms with Gasteiger partial charge in [-0.25, -0.2) is 8.42 Å². The van der Waals surface area contributed by atoms with Crippen molar-refractivity contribution in [2.45, 2.75) is 50.4 Å². The number of nitrogens with two attached hydrogens (primary N) is 1. The molecule has 0 aliphatic carbocycles. The topological polar surface area (TPSA) is 116 Å². The quantitative estimate of drug-likeness (QED) is 0.634. The number of hydrogen-bond acceptors (Lipinski definition) is 5. The summed E-state index contributed by atoms with van der Waals surface area (Å²) in [4.78, 5) is 22.6. The maximum absolute atomic E-state index is 12.8. The Labute approximate surface area is 155 Å². The van der Waals surface area contributed by atoms with Gasteiger partial charge in [0.1, 0.15) is 6.04 Å². The third kappa shape index (κ3) is 6.21. The van der Waals surface area contributed by atoms with E-state index in [9.17, 15) is 31.2 Å². The van der Waals surface area contributed by atoms with Crippen molar-refractivity contribution in [3.05, 3.63) is 29.8 Å². The average Bonchev–Trinajstić information content (AvgIpc) is 2.58. The van der Waals surface area contributed by atoms with Gasteiger partial charge in [0, 0.05) is 0 Å². The van der Waals surface area contributed by atoms with Gasteiger partial charge in [0.25, 0.3) is 5.91 Å². The first-order valence-electron chi connectivity index (χ1n) is 7.99. The molecule has 0 saturated carbocycles. The fourth-order valence-corrected chi connectivity index (χ4v) is 3.35. The molecule has 0 radical (unpaired) electrons. The number of primary amides is 1. The molecule has 0 spiro atoms. The number of alkyl halides is 3. The third-order valence-electron chi connectivity index (χ3n) is 3.91. The van der Waals surface area contributed by atoms with Crippen molar-refractivity contribution in [1.29, 1.82) is 0 Å². The maximum atomic E-state index is 12.8. The van der Waals surface area contributed by atoms with Crippen molar-refractivity contribution in [2.24, 2.45) is 11.7 Å². The fourth-order valence-electron chi connectivity index (χ4n) is 2.01. The summed E-state index contributed by atoms with van der Waals surface area (Å²) < 4.78 is 70.3. The van der Waals surface area contributed by atoms with E-state index >= 15 is 0 Å². The molecule has 1 amide bonds. The Morgan fingerprint density at radius 3 is 2.33 bits per heavy atom. The average molecular weight is 410 g/mol. The maximum Gasteiger partial charge on any atom is 0.416 e. The molecule has 3 N–H and O–H groups in total. The van der Waals surface area contributed by atoms with Gasteiger partial charge in [0.05, 0.1) is 10.5 Å². The molecule has 1 aromatic rings. The summed E-state index contributed by atoms with van der Waals surface area (Å²) in [6.07, 6.45) is -5.66. The van der Waals surface area contributed by atoms with Crippen LogP contribution in [0.4, 0.5) is 13.2 Å². The lowest BCUT2D eigenvalue weighted by atomic mass is 10.0. The van der Waals surface area contributed by atoms with Crippen LogP contribution in [0, 0.1) is 5.92 Å². The van der Waals surface area contributed by atoms with E-state index in [4.69, 9.17) is 10.5 Å². The second kappa shape index (κ2) is 8.70. The minimum atomic E-state index is -4.72. The highest BCUT2D eigenvalue weighted by Crippen LogP contribution is 2.30. The Hall–Kier alpha value is -2.14. The van der Waals surface area contributed by atoms with Gasteiger partial charge in [0.15, 0.2) is 6.10 Å². The summed E-state index contributed by atoms with van der Waals surface area (Å²) in [6, 6.07) is 1.71. The summed E-state index contributed by atoms with van der Waals surface area (Å²) in [7, 11) is -4.47. The predicted octanol–water partition coefficient (Wildman–Crippen LogP) is 1.82. The van der Waals surface area contributed by atoms with E-state index in [1.54, 1.807) is 13.8 Å². The van der Waals surface area contributed by atoms with Gasteiger partial charge in [-0.1, -0.05) is 26.3 Å². The van der Waals surface area contributed by atoms with Crippen LogP contribution in [0.1, 0.15) is 32.8 Å². The second-order valence-corrected chi connectivity index (χ2v) is 7.71. The molecule has 0 aliphatic rings. The van der Waals surface area contributed by atoms with E-state index in [1.807, 2.05) is 0 Å². The van der Waals surface area contributed by atoms with Gasteiger partial charge < -0.3 is 10.5 Å². The lowest BCUT2D eigenvalue weighted by Crippen LogP contribution is -2.47. The number of rotatable bonds is 8. The standard InChI is InChI=1S/C16H21F3N2O5S/c1-4-9(2)13(15(23)26-10(3)14(20)22)21-27(24,25)12-7-5-6-11(8-12)16(17,18)19/h5-10,13,21H,4H2,1-3H3,(H2,20,22)/t9-,10+,13+/m0/s1. The van der Waals surface area contributed by atoms with E-state index in [0.717, 1.165) is 18.2 Å². The van der Waals surface area contributed by atoms with Crippen molar-refractivity contribution >= 4 is 21.9 Å². The van der Waals surface area contributed by atoms with Gasteiger partial charge in [0.2, 0.25) is 10.0 Å². The van der Waals surface area contributed by atoms with Gasteiger partial charge in [-0.15, -0.1) is 0 Å². The first kappa shape index (κ1) is 22.9. The molecule has 27 heavy (non-hydrogen) atoms. The Morgan fingerprint density at radius 2 is 1.85 bits per heavy atom. The lowest BCUT2D eigenvalue weighted by molar-refractivity contribution is -0.156. The van der Waals surface area contributed by atoms with Crippen molar-refractivity contribution in [2.75, 3.05) is 0 Å². The molecule has 0 aromatic heterocycles. The number of hydrogen-bond donors (Lipinski definition) is 2. The minimum Gasteiger partial charge on any atom is -0.451 e. The van der Waals surface area contributed by atoms with Crippen LogP contribution in [0.5, 0.6) is 0 Å². The Balaban J connectivity index is 3.17. The van der Waals surface area contributed by atoms with Gasteiger partial charge in [-0.05, 0) is 31.0 Å². The highest BCUT2D eigenvalue weighted by molar-refractivity contribution is 7.89. The molecular formula is C16H21F3N2O5S. The van der Waals surface area contributed by atoms with Crippen LogP contribution in [-0.4, -0.2) is 32.4 Å². The summed E-state index contributed by atoms with van der Waals surface area (Å²) in [6.45, 7) is 4.45. The first-order valence-corrected chi connectivity index (χ1v) is 9.47. The molecule has 0 saturated heterocycles. The Morgan fingerprint density at radius 1 is 1.26 bits per heavy atom. The summed E-state index contributed by atoms with van der Waals surface area (Å²) in [5.74, 6) is -2.53. The van der Waals surface area contributed by atoms with Crippen molar-refractivity contribution in [1.82, 2.24) is 4.72 Å². The molecule has 0 heterocycles. The Bertz CT molecular complexity index is 795. The minimum absolute atomic E-state index is 0.357. The largest absolute Gasteiger partial charge is 0.451 e. The zero-order chi connectivity index (χ0) is 21.0. The van der Waals surface area contributed by atoms with Crippen LogP contribution in [-0.2, 0) is 30.5 Å². The predicted molar refractivity (Wildman–Crippen MR) is 89.8 cm³/mol. The molecule has 1 rings (SSSR count). The molecule has 1 aromatic carbocycles. The molecule has 0 unspecified atom stereocenters. The molecule has 11 heteroatoms. The molecular weight excluding hydrogens is 389 g/mol. The van der Waals surface area contributed by atoms with E-state index in [2.05, 4.69) is 4.72 Å². The van der Waals surface area contributed by atoms with E-state index in [-0.39, 0.29) is 0 Å². The summed E-state index contributed by atoms with van der Waals surface area (Å²) >= 11 is 0. The zero-order valence-electron chi connectivity index (χ0n) is 14.9. The van der Waals surface area contributed by atoms with Crippen LogP contribution >= 0.6 is 0 Å². The number of nitrogens with one attached hydrogen (secondary N) is 1. The van der Waals surface area contributed by atoms with Gasteiger partial charge >= 0.3 is 12.1 Å². The molecule has 0 bridgehead atoms. The van der Waals surface area contributed by atoms with Crippen LogP contribution in [0.2, 0.25) is 0 Å². The molecule has 0 aliphatic heterocycles. The van der Waals surface area contributed by atoms with Crippen LogP contribution in [0.15, 0.2) is 29.2 Å². The van der Waals surface area contributed by atoms with Crippen molar-refractivity contribution in [3.63, 3.8) is 0 Å². The number of amides is 1. The Kier molecular flexibility index (Phi) is 7.38. The molecule has 3 atom stereocenters. The van der Waals surface area contributed by atoms with Crippen LogP contribution in [0.3, 0.4) is 0 Å². The normalized spacial score (nSPS) is 15.6. The molecule has 0 fully saturated rings. The highest BCUT2D eigenvalue weighted by Gasteiger charge is 2.35. The zero-order valence-corrected chi connectivity index (χ0v) is 15.7. The fraction of sp³-hybridized carbons (Fsp3) is 0.500. The van der Waals surface area contributed by atoms with Crippen LogP contribution < -0.4 is 10.5 Å². The number of carbonyl (C=O) groups excluding carboxylic acids is 2. The summed E-state index contributed by atoms with van der Waals surface area (Å²) in [5.41, 5.74) is 3.86. The number of esters is 1. The van der Waals surface area contributed by atoms with Crippen LogP contribution in [0.25, 0.3) is 0 Å². The SMILES string of the molecule is CC[C@H](C)[C@@H](NS(=O)(=O)c1cccc(C(F)(F)F)c1)C(=O)O[C@H](C)C(N)=O. The van der Waals surface area contributed by atoms with Gasteiger partial charge in [-0.3, -0.25) is 9.59 Å². The second-order valence-electron chi connectivity index (χ2n) is 5.99. The monoisotopic (exact) mass is 410 g/mol. The highest BCUT2D eigenvalue weighted by atomic mass is 32.2. The van der Waals surface area contributed by atoms with E-state index < -0.39 is 56.6 Å². The number of sulfonamides is 1. The third-order valence-corrected chi connectivity index (χ3v) is 5.35. The van der Waals surface area contributed by atoms with Crippen molar-refractivity contribution in [3.8, 4) is 0 Å². The first-order chi connectivity index (χ1) is 12.3.